The van der Waals surface area contributed by atoms with Gasteiger partial charge in [-0.15, -0.1) is 0 Å². The minimum Gasteiger partial charge on any atom is -0.489 e. The summed E-state index contributed by atoms with van der Waals surface area (Å²) in [6, 6.07) is 10.2. The van der Waals surface area contributed by atoms with Crippen LogP contribution in [0.1, 0.15) is 44.4 Å². The standard InChI is InChI=1S/C18H22ClNO/c1-5-13-6-8-16(15(10-13)18(2,3)4)21-12-14-7-9-17(19)20-11-14/h6-11H,5,12H2,1-4H3. The van der Waals surface area contributed by atoms with Crippen LogP contribution in [0.25, 0.3) is 0 Å². The van der Waals surface area contributed by atoms with E-state index in [-0.39, 0.29) is 5.41 Å². The molecule has 2 aromatic rings. The average Bonchev–Trinajstić information content (AvgIpc) is 2.45. The van der Waals surface area contributed by atoms with Crippen LogP contribution in [0, 0.1) is 0 Å². The fourth-order valence-corrected chi connectivity index (χ4v) is 2.27. The normalized spacial score (nSPS) is 11.5. The van der Waals surface area contributed by atoms with Crippen molar-refractivity contribution in [3.63, 3.8) is 0 Å². The Hall–Kier alpha value is -1.54. The van der Waals surface area contributed by atoms with Gasteiger partial charge in [0.2, 0.25) is 0 Å². The van der Waals surface area contributed by atoms with Crippen molar-refractivity contribution in [1.29, 1.82) is 0 Å². The summed E-state index contributed by atoms with van der Waals surface area (Å²) in [5, 5.41) is 0.501. The molecule has 1 heterocycles. The Labute approximate surface area is 132 Å². The molecule has 21 heavy (non-hydrogen) atoms. The van der Waals surface area contributed by atoms with Gasteiger partial charge in [0.1, 0.15) is 17.5 Å². The number of ether oxygens (including phenoxy) is 1. The number of halogens is 1. The number of hydrogen-bond acceptors (Lipinski definition) is 2. The molecule has 0 aliphatic carbocycles. The lowest BCUT2D eigenvalue weighted by Crippen LogP contribution is -2.14. The number of pyridine rings is 1. The summed E-state index contributed by atoms with van der Waals surface area (Å²) in [7, 11) is 0. The van der Waals surface area contributed by atoms with E-state index < -0.39 is 0 Å². The first kappa shape index (κ1) is 15.8. The fourth-order valence-electron chi connectivity index (χ4n) is 2.16. The maximum atomic E-state index is 6.01. The van der Waals surface area contributed by atoms with Gasteiger partial charge in [0.15, 0.2) is 0 Å². The third kappa shape index (κ3) is 4.21. The first-order chi connectivity index (χ1) is 9.90. The van der Waals surface area contributed by atoms with Gasteiger partial charge in [-0.3, -0.25) is 0 Å². The van der Waals surface area contributed by atoms with Crippen LogP contribution in [-0.4, -0.2) is 4.98 Å². The van der Waals surface area contributed by atoms with Crippen LogP contribution >= 0.6 is 11.6 Å². The van der Waals surface area contributed by atoms with Crippen molar-refractivity contribution in [1.82, 2.24) is 4.98 Å². The van der Waals surface area contributed by atoms with E-state index in [4.69, 9.17) is 16.3 Å². The molecule has 2 nitrogen and oxygen atoms in total. The van der Waals surface area contributed by atoms with Crippen molar-refractivity contribution in [2.75, 3.05) is 0 Å². The van der Waals surface area contributed by atoms with Crippen molar-refractivity contribution < 1.29 is 4.74 Å². The van der Waals surface area contributed by atoms with E-state index in [1.165, 1.54) is 11.1 Å². The van der Waals surface area contributed by atoms with Crippen LogP contribution in [0.2, 0.25) is 5.15 Å². The van der Waals surface area contributed by atoms with Gasteiger partial charge >= 0.3 is 0 Å². The third-order valence-corrected chi connectivity index (χ3v) is 3.67. The Morgan fingerprint density at radius 2 is 1.81 bits per heavy atom. The van der Waals surface area contributed by atoms with Gasteiger partial charge in [0.05, 0.1) is 0 Å². The zero-order valence-electron chi connectivity index (χ0n) is 13.1. The van der Waals surface area contributed by atoms with E-state index in [0.29, 0.717) is 11.8 Å². The minimum absolute atomic E-state index is 0.0543. The maximum Gasteiger partial charge on any atom is 0.129 e. The van der Waals surface area contributed by atoms with Crippen LogP contribution in [-0.2, 0) is 18.4 Å². The second kappa shape index (κ2) is 6.48. The molecule has 1 aromatic heterocycles. The highest BCUT2D eigenvalue weighted by Gasteiger charge is 2.19. The number of benzene rings is 1. The van der Waals surface area contributed by atoms with Crippen LogP contribution in [0.3, 0.4) is 0 Å². The molecule has 0 unspecified atom stereocenters. The van der Waals surface area contributed by atoms with E-state index in [1.807, 2.05) is 6.07 Å². The topological polar surface area (TPSA) is 22.1 Å². The van der Waals surface area contributed by atoms with Crippen molar-refractivity contribution in [3.05, 3.63) is 58.4 Å². The van der Waals surface area contributed by atoms with Crippen molar-refractivity contribution in [2.24, 2.45) is 0 Å². The Morgan fingerprint density at radius 1 is 1.10 bits per heavy atom. The lowest BCUT2D eigenvalue weighted by atomic mass is 9.85. The molecule has 0 bridgehead atoms. The smallest absolute Gasteiger partial charge is 0.129 e. The van der Waals surface area contributed by atoms with E-state index in [9.17, 15) is 0 Å². The molecule has 0 saturated heterocycles. The zero-order valence-corrected chi connectivity index (χ0v) is 13.9. The minimum atomic E-state index is 0.0543. The van der Waals surface area contributed by atoms with Crippen LogP contribution in [0.5, 0.6) is 5.75 Å². The van der Waals surface area contributed by atoms with E-state index in [2.05, 4.69) is 50.9 Å². The second-order valence-corrected chi connectivity index (χ2v) is 6.60. The molecule has 0 amide bonds. The van der Waals surface area contributed by atoms with E-state index in [1.54, 1.807) is 12.3 Å². The quantitative estimate of drug-likeness (QED) is 0.727. The van der Waals surface area contributed by atoms with E-state index >= 15 is 0 Å². The van der Waals surface area contributed by atoms with Gasteiger partial charge in [-0.05, 0) is 35.1 Å². The Kier molecular flexibility index (Phi) is 4.89. The summed E-state index contributed by atoms with van der Waals surface area (Å²) in [5.74, 6) is 0.939. The molecule has 0 aliphatic heterocycles. The molecule has 0 atom stereocenters. The summed E-state index contributed by atoms with van der Waals surface area (Å²) < 4.78 is 6.01. The van der Waals surface area contributed by atoms with Crippen LogP contribution < -0.4 is 4.74 Å². The maximum absolute atomic E-state index is 6.01. The van der Waals surface area contributed by atoms with Crippen molar-refractivity contribution >= 4 is 11.6 Å². The van der Waals surface area contributed by atoms with Gasteiger partial charge in [0, 0.05) is 11.8 Å². The molecule has 2 rings (SSSR count). The summed E-state index contributed by atoms with van der Waals surface area (Å²) >= 11 is 5.80. The second-order valence-electron chi connectivity index (χ2n) is 6.21. The number of aryl methyl sites for hydroxylation is 1. The highest BCUT2D eigenvalue weighted by molar-refractivity contribution is 6.29. The van der Waals surface area contributed by atoms with Gasteiger partial charge in [-0.2, -0.15) is 0 Å². The lowest BCUT2D eigenvalue weighted by Gasteiger charge is -2.23. The first-order valence-electron chi connectivity index (χ1n) is 7.27. The highest BCUT2D eigenvalue weighted by Crippen LogP contribution is 2.32. The van der Waals surface area contributed by atoms with Crippen LogP contribution in [0.4, 0.5) is 0 Å². The number of aromatic nitrogens is 1. The Morgan fingerprint density at radius 3 is 2.38 bits per heavy atom. The summed E-state index contributed by atoms with van der Waals surface area (Å²) in [6.07, 6.45) is 2.78. The van der Waals surface area contributed by atoms with Gasteiger partial charge in [-0.1, -0.05) is 57.5 Å². The summed E-state index contributed by atoms with van der Waals surface area (Å²) in [5.41, 5.74) is 3.64. The molecule has 0 radical (unpaired) electrons. The highest BCUT2D eigenvalue weighted by atomic mass is 35.5. The zero-order chi connectivity index (χ0) is 15.5. The number of hydrogen-bond donors (Lipinski definition) is 0. The summed E-state index contributed by atoms with van der Waals surface area (Å²) in [4.78, 5) is 4.08. The molecular weight excluding hydrogens is 282 g/mol. The van der Waals surface area contributed by atoms with Crippen molar-refractivity contribution in [2.45, 2.75) is 46.1 Å². The lowest BCUT2D eigenvalue weighted by molar-refractivity contribution is 0.297. The van der Waals surface area contributed by atoms with Gasteiger partial charge < -0.3 is 4.74 Å². The van der Waals surface area contributed by atoms with E-state index in [0.717, 1.165) is 17.7 Å². The summed E-state index contributed by atoms with van der Waals surface area (Å²) in [6.45, 7) is 9.29. The molecule has 112 valence electrons. The van der Waals surface area contributed by atoms with Crippen LogP contribution in [0.15, 0.2) is 36.5 Å². The third-order valence-electron chi connectivity index (χ3n) is 3.44. The molecular formula is C18H22ClNO. The molecule has 0 saturated carbocycles. The predicted octanol–water partition coefficient (Wildman–Crippen LogP) is 5.17. The molecule has 0 spiro atoms. The monoisotopic (exact) mass is 303 g/mol. The molecule has 0 N–H and O–H groups in total. The molecule has 3 heteroatoms. The number of rotatable bonds is 4. The first-order valence-corrected chi connectivity index (χ1v) is 7.64. The largest absolute Gasteiger partial charge is 0.489 e. The Bertz CT molecular complexity index is 600. The molecule has 0 fully saturated rings. The predicted molar refractivity (Wildman–Crippen MR) is 88.1 cm³/mol. The van der Waals surface area contributed by atoms with Crippen molar-refractivity contribution in [3.8, 4) is 5.75 Å². The SMILES string of the molecule is CCc1ccc(OCc2ccc(Cl)nc2)c(C(C)(C)C)c1. The average molecular weight is 304 g/mol. The molecule has 1 aromatic carbocycles. The molecule has 0 aliphatic rings. The van der Waals surface area contributed by atoms with Gasteiger partial charge in [0.25, 0.3) is 0 Å². The number of nitrogens with zero attached hydrogens (tertiary/aromatic N) is 1. The Balaban J connectivity index is 2.21. The van der Waals surface area contributed by atoms with Gasteiger partial charge in [-0.25, -0.2) is 4.98 Å². The fraction of sp³-hybridized carbons (Fsp3) is 0.389.